The van der Waals surface area contributed by atoms with Crippen LogP contribution in [-0.4, -0.2) is 54.5 Å². The Bertz CT molecular complexity index is 1730. The van der Waals surface area contributed by atoms with Gasteiger partial charge in [0, 0.05) is 12.0 Å². The Morgan fingerprint density at radius 2 is 1.28 bits per heavy atom. The number of rotatable bonds is 12. The Balaban J connectivity index is 1.12. The summed E-state index contributed by atoms with van der Waals surface area (Å²) < 4.78 is 0. The molecule has 0 unspecified atom stereocenters. The first-order valence-corrected chi connectivity index (χ1v) is 16.7. The van der Waals surface area contributed by atoms with Crippen LogP contribution in [0, 0.1) is 0 Å². The van der Waals surface area contributed by atoms with E-state index in [0.717, 1.165) is 54.4 Å². The fourth-order valence-corrected chi connectivity index (χ4v) is 7.06. The average Bonchev–Trinajstić information content (AvgIpc) is 3.13. The topological polar surface area (TPSA) is 81.7 Å². The lowest BCUT2D eigenvalue weighted by Gasteiger charge is -2.37. The zero-order chi connectivity index (χ0) is 32.5. The maximum absolute atomic E-state index is 13.3. The molecule has 0 atom stereocenters. The Labute approximate surface area is 277 Å². The summed E-state index contributed by atoms with van der Waals surface area (Å²) in [4.78, 5) is 28.8. The summed E-state index contributed by atoms with van der Waals surface area (Å²) in [5.74, 6) is -0.256. The van der Waals surface area contributed by atoms with Crippen LogP contribution in [-0.2, 0) is 10.2 Å². The lowest BCUT2D eigenvalue weighted by molar-refractivity contribution is -0.120. The van der Waals surface area contributed by atoms with Gasteiger partial charge in [0.1, 0.15) is 5.75 Å². The molecule has 0 spiro atoms. The van der Waals surface area contributed by atoms with Gasteiger partial charge in [-0.2, -0.15) is 0 Å². The highest BCUT2D eigenvalue weighted by Crippen LogP contribution is 2.37. The van der Waals surface area contributed by atoms with Crippen molar-refractivity contribution in [2.75, 3.05) is 32.7 Å². The van der Waals surface area contributed by atoms with Crippen LogP contribution in [0.2, 0.25) is 0 Å². The van der Waals surface area contributed by atoms with Gasteiger partial charge < -0.3 is 20.6 Å². The molecule has 1 aliphatic heterocycles. The number of hydrogen-bond donors (Lipinski definition) is 3. The third kappa shape index (κ3) is 7.72. The second kappa shape index (κ2) is 15.1. The molecule has 3 N–H and O–H groups in total. The number of carbonyl (C=O) groups excluding carboxylic acids is 2. The number of piperidine rings is 1. The van der Waals surface area contributed by atoms with Crippen molar-refractivity contribution in [3.63, 3.8) is 0 Å². The van der Waals surface area contributed by atoms with Gasteiger partial charge in [0.2, 0.25) is 5.91 Å². The minimum absolute atomic E-state index is 0.113. The van der Waals surface area contributed by atoms with Gasteiger partial charge in [-0.1, -0.05) is 115 Å². The van der Waals surface area contributed by atoms with Crippen LogP contribution >= 0.6 is 0 Å². The Kier molecular flexibility index (Phi) is 10.3. The van der Waals surface area contributed by atoms with Crippen LogP contribution < -0.4 is 10.6 Å². The minimum Gasteiger partial charge on any atom is -0.507 e. The quantitative estimate of drug-likeness (QED) is 0.139. The van der Waals surface area contributed by atoms with E-state index in [9.17, 15) is 14.7 Å². The van der Waals surface area contributed by atoms with Crippen LogP contribution in [0.3, 0.4) is 0 Å². The molecule has 5 aromatic rings. The summed E-state index contributed by atoms with van der Waals surface area (Å²) in [6.45, 7) is 3.38. The SMILES string of the molecule is O=C(CNC(=O)c1cc2ccccc2cc1O)NCC(CCCN1CCC(c2ccccc2)CC1)(c1ccccc1)c1ccccc1. The highest BCUT2D eigenvalue weighted by molar-refractivity contribution is 6.02. The van der Waals surface area contributed by atoms with Gasteiger partial charge >= 0.3 is 0 Å². The molecule has 1 fully saturated rings. The van der Waals surface area contributed by atoms with Crippen molar-refractivity contribution in [1.82, 2.24) is 15.5 Å². The number of amides is 2. The van der Waals surface area contributed by atoms with Crippen molar-refractivity contribution >= 4 is 22.6 Å². The molecule has 5 aromatic carbocycles. The fourth-order valence-electron chi connectivity index (χ4n) is 7.06. The molecule has 1 aliphatic rings. The predicted molar refractivity (Wildman–Crippen MR) is 189 cm³/mol. The van der Waals surface area contributed by atoms with Crippen LogP contribution in [0.15, 0.2) is 127 Å². The minimum atomic E-state index is -0.489. The zero-order valence-corrected chi connectivity index (χ0v) is 26.8. The van der Waals surface area contributed by atoms with Crippen molar-refractivity contribution in [1.29, 1.82) is 0 Å². The third-order valence-corrected chi connectivity index (χ3v) is 9.69. The molecule has 6 rings (SSSR count). The normalized spacial score (nSPS) is 14.1. The number of carbonyl (C=O) groups is 2. The molecule has 0 bridgehead atoms. The first-order valence-electron chi connectivity index (χ1n) is 16.7. The molecule has 1 saturated heterocycles. The fraction of sp³-hybridized carbons (Fsp3) is 0.268. The summed E-state index contributed by atoms with van der Waals surface area (Å²) in [7, 11) is 0. The predicted octanol–water partition coefficient (Wildman–Crippen LogP) is 7.04. The van der Waals surface area contributed by atoms with Crippen LogP contribution in [0.4, 0.5) is 0 Å². The monoisotopic (exact) mass is 625 g/mol. The van der Waals surface area contributed by atoms with Crippen LogP contribution in [0.1, 0.15) is 58.6 Å². The lowest BCUT2D eigenvalue weighted by atomic mass is 9.71. The van der Waals surface area contributed by atoms with Crippen LogP contribution in [0.25, 0.3) is 10.8 Å². The van der Waals surface area contributed by atoms with E-state index < -0.39 is 11.3 Å². The first kappa shape index (κ1) is 32.0. The molecule has 0 aliphatic carbocycles. The average molecular weight is 626 g/mol. The van der Waals surface area contributed by atoms with Crippen molar-refractivity contribution in [3.8, 4) is 5.75 Å². The van der Waals surface area contributed by atoms with Crippen molar-refractivity contribution in [2.45, 2.75) is 37.0 Å². The molecule has 1 heterocycles. The van der Waals surface area contributed by atoms with E-state index in [1.54, 1.807) is 12.1 Å². The highest BCUT2D eigenvalue weighted by Gasteiger charge is 2.35. The number of nitrogens with one attached hydrogen (secondary N) is 2. The van der Waals surface area contributed by atoms with E-state index in [0.29, 0.717) is 12.5 Å². The molecule has 47 heavy (non-hydrogen) atoms. The molecule has 0 aromatic heterocycles. The molecule has 2 amide bonds. The largest absolute Gasteiger partial charge is 0.507 e. The summed E-state index contributed by atoms with van der Waals surface area (Å²) in [6, 6.07) is 42.5. The Morgan fingerprint density at radius 3 is 1.89 bits per heavy atom. The number of phenols is 1. The zero-order valence-electron chi connectivity index (χ0n) is 26.8. The van der Waals surface area contributed by atoms with Crippen molar-refractivity contribution < 1.29 is 14.7 Å². The van der Waals surface area contributed by atoms with Gasteiger partial charge in [-0.05, 0) is 90.8 Å². The second-order valence-electron chi connectivity index (χ2n) is 12.6. The number of fused-ring (bicyclic) bond motifs is 1. The molecule has 0 saturated carbocycles. The van der Waals surface area contributed by atoms with Gasteiger partial charge in [0.05, 0.1) is 12.1 Å². The third-order valence-electron chi connectivity index (χ3n) is 9.69. The molecular weight excluding hydrogens is 582 g/mol. The summed E-state index contributed by atoms with van der Waals surface area (Å²) in [5, 5.41) is 18.0. The lowest BCUT2D eigenvalue weighted by Crippen LogP contribution is -2.45. The maximum Gasteiger partial charge on any atom is 0.255 e. The van der Waals surface area contributed by atoms with E-state index in [1.165, 1.54) is 18.4 Å². The Morgan fingerprint density at radius 1 is 0.723 bits per heavy atom. The molecule has 6 heteroatoms. The summed E-state index contributed by atoms with van der Waals surface area (Å²) in [6.07, 6.45) is 4.18. The van der Waals surface area contributed by atoms with Gasteiger partial charge in [0.15, 0.2) is 0 Å². The van der Waals surface area contributed by atoms with E-state index in [-0.39, 0.29) is 23.8 Å². The van der Waals surface area contributed by atoms with Gasteiger partial charge in [-0.15, -0.1) is 0 Å². The van der Waals surface area contributed by atoms with E-state index in [4.69, 9.17) is 0 Å². The van der Waals surface area contributed by atoms with E-state index in [1.807, 2.05) is 36.4 Å². The number of likely N-dealkylation sites (tertiary alicyclic amines) is 1. The molecule has 0 radical (unpaired) electrons. The second-order valence-corrected chi connectivity index (χ2v) is 12.6. The number of phenolic OH excluding ortho intramolecular Hbond substituents is 1. The maximum atomic E-state index is 13.3. The van der Waals surface area contributed by atoms with Crippen molar-refractivity contribution in [2.24, 2.45) is 0 Å². The standard InChI is InChI=1S/C41H43N3O3/c45-38-28-34-16-11-10-15-33(34)27-37(38)40(47)42-29-39(46)43-30-41(35-17-6-2-7-18-35,36-19-8-3-9-20-36)23-12-24-44-25-21-32(22-26-44)31-13-4-1-5-14-31/h1-11,13-20,27-28,32,45H,12,21-26,29-30H2,(H,42,47)(H,43,46). The molecular formula is C41H43N3O3. The molecule has 6 nitrogen and oxygen atoms in total. The van der Waals surface area contributed by atoms with Crippen LogP contribution in [0.5, 0.6) is 5.75 Å². The van der Waals surface area contributed by atoms with E-state index in [2.05, 4.69) is 94.4 Å². The number of hydrogen-bond acceptors (Lipinski definition) is 4. The van der Waals surface area contributed by atoms with E-state index >= 15 is 0 Å². The highest BCUT2D eigenvalue weighted by atomic mass is 16.3. The van der Waals surface area contributed by atoms with Crippen molar-refractivity contribution in [3.05, 3.63) is 150 Å². The van der Waals surface area contributed by atoms with Gasteiger partial charge in [-0.3, -0.25) is 9.59 Å². The summed E-state index contributed by atoms with van der Waals surface area (Å²) in [5.41, 5.74) is 3.45. The number of nitrogens with zero attached hydrogens (tertiary/aromatic N) is 1. The smallest absolute Gasteiger partial charge is 0.255 e. The summed E-state index contributed by atoms with van der Waals surface area (Å²) >= 11 is 0. The number of benzene rings is 5. The first-order chi connectivity index (χ1) is 23.0. The van der Waals surface area contributed by atoms with Gasteiger partial charge in [0.25, 0.3) is 5.91 Å². The molecule has 240 valence electrons. The number of aromatic hydroxyl groups is 1. The van der Waals surface area contributed by atoms with Gasteiger partial charge in [-0.25, -0.2) is 0 Å². The Hall–Kier alpha value is -4.94.